The zero-order valence-corrected chi connectivity index (χ0v) is 13.6. The molecule has 0 saturated carbocycles. The number of methoxy groups -OCH3 is 2. The Kier molecular flexibility index (Phi) is 4.80. The number of sulfone groups is 1. The molecule has 0 spiro atoms. The van der Waals surface area contributed by atoms with E-state index in [9.17, 15) is 13.2 Å². The summed E-state index contributed by atoms with van der Waals surface area (Å²) in [5, 5.41) is 2.25. The third-order valence-electron chi connectivity index (χ3n) is 3.69. The highest BCUT2D eigenvalue weighted by Crippen LogP contribution is 2.35. The van der Waals surface area contributed by atoms with Crippen molar-refractivity contribution in [3.63, 3.8) is 0 Å². The Balaban J connectivity index is 2.03. The van der Waals surface area contributed by atoms with Crippen LogP contribution in [0.1, 0.15) is 6.92 Å². The Morgan fingerprint density at radius 3 is 2.55 bits per heavy atom. The molecule has 22 heavy (non-hydrogen) atoms. The molecule has 0 aliphatic carbocycles. The zero-order valence-electron chi connectivity index (χ0n) is 12.8. The summed E-state index contributed by atoms with van der Waals surface area (Å²) in [5.74, 6) is 1.03. The maximum absolute atomic E-state index is 12.1. The van der Waals surface area contributed by atoms with Crippen LogP contribution in [0.3, 0.4) is 0 Å². The summed E-state index contributed by atoms with van der Waals surface area (Å²) >= 11 is 0. The molecular formula is C14H20N2O5S. The van der Waals surface area contributed by atoms with Gasteiger partial charge in [0.1, 0.15) is 0 Å². The van der Waals surface area contributed by atoms with E-state index in [2.05, 4.69) is 5.32 Å². The number of carbonyl (C=O) groups is 1. The number of urea groups is 1. The van der Waals surface area contributed by atoms with Crippen LogP contribution in [0.25, 0.3) is 0 Å². The second-order valence-corrected chi connectivity index (χ2v) is 7.52. The van der Waals surface area contributed by atoms with Crippen molar-refractivity contribution in [3.05, 3.63) is 18.2 Å². The molecule has 7 nitrogen and oxygen atoms in total. The minimum atomic E-state index is -3.09. The predicted octanol–water partition coefficient (Wildman–Crippen LogP) is 1.35. The highest BCUT2D eigenvalue weighted by atomic mass is 32.2. The summed E-state index contributed by atoms with van der Waals surface area (Å²) in [6, 6.07) is 4.80. The number of amides is 2. The second kappa shape index (κ2) is 6.43. The fourth-order valence-corrected chi connectivity index (χ4v) is 3.53. The van der Waals surface area contributed by atoms with Crippen molar-refractivity contribution in [2.75, 3.05) is 38.4 Å². The number of anilines is 1. The molecule has 1 aliphatic rings. The molecule has 0 unspecified atom stereocenters. The molecule has 0 aromatic heterocycles. The lowest BCUT2D eigenvalue weighted by Crippen LogP contribution is -2.58. The summed E-state index contributed by atoms with van der Waals surface area (Å²) in [4.78, 5) is 13.6. The maximum Gasteiger partial charge on any atom is 0.322 e. The highest BCUT2D eigenvalue weighted by molar-refractivity contribution is 7.92. The van der Waals surface area contributed by atoms with E-state index < -0.39 is 15.1 Å². The van der Waals surface area contributed by atoms with Crippen molar-refractivity contribution in [1.29, 1.82) is 0 Å². The van der Waals surface area contributed by atoms with Crippen LogP contribution in [0.4, 0.5) is 10.5 Å². The minimum absolute atomic E-state index is 0.0941. The molecule has 2 rings (SSSR count). The topological polar surface area (TPSA) is 84.9 Å². The second-order valence-electron chi connectivity index (χ2n) is 4.95. The Labute approximate surface area is 130 Å². The molecule has 0 radical (unpaired) electrons. The highest BCUT2D eigenvalue weighted by Gasteiger charge is 2.38. The summed E-state index contributed by atoms with van der Waals surface area (Å²) in [7, 11) is -0.0905. The van der Waals surface area contributed by atoms with E-state index in [0.717, 1.165) is 0 Å². The van der Waals surface area contributed by atoms with Crippen molar-refractivity contribution in [3.8, 4) is 11.5 Å². The van der Waals surface area contributed by atoms with E-state index in [0.29, 0.717) is 17.2 Å². The first kappa shape index (κ1) is 16.4. The van der Waals surface area contributed by atoms with Gasteiger partial charge in [0.05, 0.1) is 25.2 Å². The smallest absolute Gasteiger partial charge is 0.322 e. The van der Waals surface area contributed by atoms with Gasteiger partial charge in [-0.05, 0) is 12.1 Å². The van der Waals surface area contributed by atoms with E-state index in [1.807, 2.05) is 0 Å². The molecule has 0 bridgehead atoms. The van der Waals surface area contributed by atoms with E-state index in [1.54, 1.807) is 25.1 Å². The molecule has 1 heterocycles. The van der Waals surface area contributed by atoms with Crippen molar-refractivity contribution < 1.29 is 22.7 Å². The molecule has 1 fully saturated rings. The molecule has 122 valence electrons. The van der Waals surface area contributed by atoms with E-state index in [4.69, 9.17) is 9.47 Å². The molecule has 8 heteroatoms. The van der Waals surface area contributed by atoms with Crippen molar-refractivity contribution in [1.82, 2.24) is 4.90 Å². The molecular weight excluding hydrogens is 308 g/mol. The van der Waals surface area contributed by atoms with Gasteiger partial charge in [-0.25, -0.2) is 13.2 Å². The zero-order chi connectivity index (χ0) is 16.3. The number of ether oxygens (including phenoxy) is 2. The van der Waals surface area contributed by atoms with Gasteiger partial charge >= 0.3 is 6.03 Å². The Morgan fingerprint density at radius 2 is 2.00 bits per heavy atom. The van der Waals surface area contributed by atoms with Gasteiger partial charge in [-0.3, -0.25) is 0 Å². The van der Waals surface area contributed by atoms with Crippen LogP contribution < -0.4 is 14.8 Å². The quantitative estimate of drug-likeness (QED) is 0.882. The van der Waals surface area contributed by atoms with Gasteiger partial charge < -0.3 is 19.7 Å². The summed E-state index contributed by atoms with van der Waals surface area (Å²) in [5.41, 5.74) is 0.480. The van der Waals surface area contributed by atoms with E-state index >= 15 is 0 Å². The number of rotatable bonds is 5. The van der Waals surface area contributed by atoms with E-state index in [1.165, 1.54) is 19.1 Å². The number of para-hydroxylation sites is 1. The number of nitrogens with zero attached hydrogens (tertiary/aromatic N) is 1. The van der Waals surface area contributed by atoms with Gasteiger partial charge in [0.25, 0.3) is 0 Å². The van der Waals surface area contributed by atoms with Crippen molar-refractivity contribution in [2.45, 2.75) is 12.2 Å². The summed E-state index contributed by atoms with van der Waals surface area (Å²) in [6.07, 6.45) is 0. The van der Waals surface area contributed by atoms with Gasteiger partial charge in [-0.2, -0.15) is 0 Å². The van der Waals surface area contributed by atoms with Gasteiger partial charge in [0.15, 0.2) is 21.3 Å². The van der Waals surface area contributed by atoms with Crippen LogP contribution in [0, 0.1) is 0 Å². The van der Waals surface area contributed by atoms with Crippen LogP contribution in [-0.4, -0.2) is 57.7 Å². The number of nitrogens with one attached hydrogen (secondary N) is 1. The molecule has 1 N–H and O–H groups in total. The lowest BCUT2D eigenvalue weighted by Gasteiger charge is -2.38. The van der Waals surface area contributed by atoms with Crippen LogP contribution in [0.5, 0.6) is 11.5 Å². The predicted molar refractivity (Wildman–Crippen MR) is 83.4 cm³/mol. The SMILES string of the molecule is CCS(=O)(=O)C1CN(C(=O)Nc2cccc(OC)c2OC)C1. The van der Waals surface area contributed by atoms with Crippen molar-refractivity contribution >= 4 is 21.6 Å². The number of carbonyl (C=O) groups excluding carboxylic acids is 1. The third-order valence-corrected chi connectivity index (χ3v) is 5.81. The van der Waals surface area contributed by atoms with Crippen LogP contribution in [0.2, 0.25) is 0 Å². The van der Waals surface area contributed by atoms with Gasteiger partial charge in [-0.15, -0.1) is 0 Å². The Bertz CT molecular complexity index is 653. The fourth-order valence-electron chi connectivity index (χ4n) is 2.25. The van der Waals surface area contributed by atoms with Crippen molar-refractivity contribution in [2.24, 2.45) is 0 Å². The molecule has 1 aromatic rings. The average molecular weight is 328 g/mol. The van der Waals surface area contributed by atoms with Crippen LogP contribution >= 0.6 is 0 Å². The average Bonchev–Trinajstić information content (AvgIpc) is 2.45. The minimum Gasteiger partial charge on any atom is -0.493 e. The third kappa shape index (κ3) is 3.11. The lowest BCUT2D eigenvalue weighted by atomic mass is 10.2. The number of hydrogen-bond donors (Lipinski definition) is 1. The Hall–Kier alpha value is -1.96. The monoisotopic (exact) mass is 328 g/mol. The van der Waals surface area contributed by atoms with Gasteiger partial charge in [-0.1, -0.05) is 13.0 Å². The molecule has 2 amide bonds. The molecule has 1 aliphatic heterocycles. The van der Waals surface area contributed by atoms with Crippen LogP contribution in [-0.2, 0) is 9.84 Å². The first-order valence-electron chi connectivity index (χ1n) is 6.91. The number of benzene rings is 1. The van der Waals surface area contributed by atoms with Gasteiger partial charge in [0, 0.05) is 18.8 Å². The molecule has 0 atom stereocenters. The van der Waals surface area contributed by atoms with Crippen LogP contribution in [0.15, 0.2) is 18.2 Å². The molecule has 1 saturated heterocycles. The molecule has 1 aromatic carbocycles. The fraction of sp³-hybridized carbons (Fsp3) is 0.500. The number of hydrogen-bond acceptors (Lipinski definition) is 5. The van der Waals surface area contributed by atoms with Gasteiger partial charge in [0.2, 0.25) is 0 Å². The summed E-state index contributed by atoms with van der Waals surface area (Å²) in [6.45, 7) is 2.04. The largest absolute Gasteiger partial charge is 0.493 e. The number of likely N-dealkylation sites (tertiary alicyclic amines) is 1. The first-order chi connectivity index (χ1) is 10.4. The van der Waals surface area contributed by atoms with E-state index in [-0.39, 0.29) is 24.9 Å². The lowest BCUT2D eigenvalue weighted by molar-refractivity contribution is 0.182. The normalized spacial score (nSPS) is 15.1. The maximum atomic E-state index is 12.1. The first-order valence-corrected chi connectivity index (χ1v) is 8.63. The Morgan fingerprint density at radius 1 is 1.32 bits per heavy atom. The standard InChI is InChI=1S/C14H20N2O5S/c1-4-22(18,19)10-8-16(9-10)14(17)15-11-6-5-7-12(20-2)13(11)21-3/h5-7,10H,4,8-9H2,1-3H3,(H,15,17). The summed E-state index contributed by atoms with van der Waals surface area (Å²) < 4.78 is 33.8.